The summed E-state index contributed by atoms with van der Waals surface area (Å²) in [6, 6.07) is 5.36. The van der Waals surface area contributed by atoms with Gasteiger partial charge < -0.3 is 0 Å². The van der Waals surface area contributed by atoms with Crippen LogP contribution in [0.1, 0.15) is 33.8 Å². The van der Waals surface area contributed by atoms with Crippen molar-refractivity contribution >= 4 is 45.1 Å². The van der Waals surface area contributed by atoms with Crippen LogP contribution in [0.25, 0.3) is 11.0 Å². The zero-order chi connectivity index (χ0) is 14.2. The molecule has 2 heterocycles. The molecule has 0 saturated heterocycles. The number of fused-ring (bicyclic) bond motifs is 2. The zero-order valence-corrected chi connectivity index (χ0v) is 12.8. The van der Waals surface area contributed by atoms with Crippen molar-refractivity contribution in [1.29, 1.82) is 0 Å². The number of carbonyl (C=O) groups excluding carboxylic acids is 1. The average molecular weight is 316 g/mol. The second-order valence-corrected chi connectivity index (χ2v) is 6.63. The molecule has 7 heteroatoms. The van der Waals surface area contributed by atoms with Crippen LogP contribution < -0.4 is 5.32 Å². The van der Waals surface area contributed by atoms with Crippen molar-refractivity contribution in [1.82, 2.24) is 13.7 Å². The minimum atomic E-state index is -0.143. The van der Waals surface area contributed by atoms with E-state index in [2.05, 4.69) is 19.0 Å². The highest BCUT2D eigenvalue weighted by atomic mass is 32.1. The van der Waals surface area contributed by atoms with Gasteiger partial charge in [-0.1, -0.05) is 0 Å². The Kier molecular flexibility index (Phi) is 3.16. The second-order valence-electron chi connectivity index (χ2n) is 5.02. The van der Waals surface area contributed by atoms with E-state index < -0.39 is 0 Å². The number of hydrogen-bond donors (Lipinski definition) is 1. The predicted molar refractivity (Wildman–Crippen MR) is 84.1 cm³/mol. The van der Waals surface area contributed by atoms with Gasteiger partial charge in [0.05, 0.1) is 17.4 Å². The lowest BCUT2D eigenvalue weighted by atomic mass is 10.0. The highest BCUT2D eigenvalue weighted by molar-refractivity contribution is 7.15. The van der Waals surface area contributed by atoms with E-state index in [0.717, 1.165) is 41.3 Å². The van der Waals surface area contributed by atoms with Crippen molar-refractivity contribution in [3.8, 4) is 0 Å². The molecule has 0 atom stereocenters. The Labute approximate surface area is 129 Å². The number of nitrogens with one attached hydrogen (secondary N) is 1. The van der Waals surface area contributed by atoms with E-state index in [1.165, 1.54) is 17.7 Å². The highest BCUT2D eigenvalue weighted by Gasteiger charge is 2.17. The monoisotopic (exact) mass is 316 g/mol. The summed E-state index contributed by atoms with van der Waals surface area (Å²) < 4.78 is 8.30. The van der Waals surface area contributed by atoms with Gasteiger partial charge >= 0.3 is 0 Å². The van der Waals surface area contributed by atoms with Crippen LogP contribution in [0, 0.1) is 0 Å². The average Bonchev–Trinajstić information content (AvgIpc) is 3.11. The van der Waals surface area contributed by atoms with Gasteiger partial charge in [0.2, 0.25) is 0 Å². The number of aromatic nitrogens is 3. The SMILES string of the molecule is O=C(Nc1nc2c(s1)CCCC2)c1ccc2nsnc2c1. The van der Waals surface area contributed by atoms with Gasteiger partial charge in [0.1, 0.15) is 11.0 Å². The smallest absolute Gasteiger partial charge is 0.257 e. The first-order valence-corrected chi connectivity index (χ1v) is 8.36. The third-order valence-electron chi connectivity index (χ3n) is 3.58. The van der Waals surface area contributed by atoms with Crippen molar-refractivity contribution in [2.45, 2.75) is 25.7 Å². The van der Waals surface area contributed by atoms with Crippen LogP contribution in [0.3, 0.4) is 0 Å². The lowest BCUT2D eigenvalue weighted by Gasteiger charge is -2.06. The van der Waals surface area contributed by atoms with Gasteiger partial charge in [-0.3, -0.25) is 10.1 Å². The largest absolute Gasteiger partial charge is 0.298 e. The maximum Gasteiger partial charge on any atom is 0.257 e. The van der Waals surface area contributed by atoms with E-state index in [9.17, 15) is 4.79 Å². The van der Waals surface area contributed by atoms with Crippen LogP contribution in [-0.2, 0) is 12.8 Å². The molecule has 1 N–H and O–H groups in total. The maximum absolute atomic E-state index is 12.3. The summed E-state index contributed by atoms with van der Waals surface area (Å²) in [5.74, 6) is -0.143. The highest BCUT2D eigenvalue weighted by Crippen LogP contribution is 2.29. The third kappa shape index (κ3) is 2.43. The van der Waals surface area contributed by atoms with Gasteiger partial charge in [-0.2, -0.15) is 8.75 Å². The summed E-state index contributed by atoms with van der Waals surface area (Å²) in [6.45, 7) is 0. The van der Waals surface area contributed by atoms with Gasteiger partial charge in [-0.05, 0) is 43.9 Å². The number of amides is 1. The fourth-order valence-electron chi connectivity index (χ4n) is 2.50. The Morgan fingerprint density at radius 1 is 1.14 bits per heavy atom. The molecule has 1 aromatic carbocycles. The Balaban J connectivity index is 1.58. The molecule has 0 bridgehead atoms. The molecule has 2 aromatic heterocycles. The second kappa shape index (κ2) is 5.16. The lowest BCUT2D eigenvalue weighted by molar-refractivity contribution is 0.102. The minimum Gasteiger partial charge on any atom is -0.298 e. The maximum atomic E-state index is 12.3. The normalized spacial score (nSPS) is 14.1. The number of aryl methyl sites for hydroxylation is 2. The Hall–Kier alpha value is -1.86. The lowest BCUT2D eigenvalue weighted by Crippen LogP contribution is -2.11. The van der Waals surface area contributed by atoms with Crippen molar-refractivity contribution in [2.75, 3.05) is 5.32 Å². The molecule has 4 rings (SSSR count). The van der Waals surface area contributed by atoms with Crippen LogP contribution in [0.15, 0.2) is 18.2 Å². The molecule has 1 aliphatic rings. The fourth-order valence-corrected chi connectivity index (χ4v) is 4.06. The van der Waals surface area contributed by atoms with Gasteiger partial charge in [-0.15, -0.1) is 11.3 Å². The van der Waals surface area contributed by atoms with Crippen molar-refractivity contribution < 1.29 is 4.79 Å². The van der Waals surface area contributed by atoms with Gasteiger partial charge in [-0.25, -0.2) is 4.98 Å². The van der Waals surface area contributed by atoms with Crippen LogP contribution >= 0.6 is 23.1 Å². The molecule has 0 spiro atoms. The van der Waals surface area contributed by atoms with Crippen LogP contribution in [-0.4, -0.2) is 19.6 Å². The van der Waals surface area contributed by atoms with Crippen LogP contribution in [0.2, 0.25) is 0 Å². The van der Waals surface area contributed by atoms with Crippen LogP contribution in [0.5, 0.6) is 0 Å². The molecule has 1 aliphatic carbocycles. The van der Waals surface area contributed by atoms with Gasteiger partial charge in [0.15, 0.2) is 5.13 Å². The molecule has 0 fully saturated rings. The molecule has 106 valence electrons. The Morgan fingerprint density at radius 3 is 2.90 bits per heavy atom. The molecule has 3 aromatic rings. The summed E-state index contributed by atoms with van der Waals surface area (Å²) in [5, 5.41) is 3.59. The van der Waals surface area contributed by atoms with Crippen molar-refractivity contribution in [3.63, 3.8) is 0 Å². The number of rotatable bonds is 2. The number of hydrogen-bond acceptors (Lipinski definition) is 6. The van der Waals surface area contributed by atoms with E-state index in [1.807, 2.05) is 6.07 Å². The van der Waals surface area contributed by atoms with Gasteiger partial charge in [0.25, 0.3) is 5.91 Å². The van der Waals surface area contributed by atoms with E-state index >= 15 is 0 Å². The molecule has 0 radical (unpaired) electrons. The Bertz CT molecular complexity index is 800. The topological polar surface area (TPSA) is 67.8 Å². The molecule has 0 aliphatic heterocycles. The molecule has 1 amide bonds. The fraction of sp³-hybridized carbons (Fsp3) is 0.286. The van der Waals surface area contributed by atoms with E-state index in [-0.39, 0.29) is 5.91 Å². The molecule has 0 saturated carbocycles. The zero-order valence-electron chi connectivity index (χ0n) is 11.1. The van der Waals surface area contributed by atoms with Crippen molar-refractivity contribution in [3.05, 3.63) is 34.3 Å². The molecule has 21 heavy (non-hydrogen) atoms. The minimum absolute atomic E-state index is 0.143. The summed E-state index contributed by atoms with van der Waals surface area (Å²) in [7, 11) is 0. The standard InChI is InChI=1S/C14H12N4OS2/c19-13(8-5-6-9-11(7-8)18-21-17-9)16-14-15-10-3-1-2-4-12(10)20-14/h5-7H,1-4H2,(H,15,16,19). The number of anilines is 1. The summed E-state index contributed by atoms with van der Waals surface area (Å²) in [6.07, 6.45) is 4.52. The molecule has 0 unspecified atom stereocenters. The summed E-state index contributed by atoms with van der Waals surface area (Å²) >= 11 is 2.75. The first-order chi connectivity index (χ1) is 10.3. The Morgan fingerprint density at radius 2 is 2.00 bits per heavy atom. The number of benzene rings is 1. The van der Waals surface area contributed by atoms with Gasteiger partial charge in [0, 0.05) is 10.4 Å². The molecule has 5 nitrogen and oxygen atoms in total. The van der Waals surface area contributed by atoms with E-state index in [0.29, 0.717) is 10.7 Å². The summed E-state index contributed by atoms with van der Waals surface area (Å²) in [5.41, 5.74) is 3.32. The first-order valence-electron chi connectivity index (χ1n) is 6.82. The number of carbonyl (C=O) groups is 1. The van der Waals surface area contributed by atoms with E-state index in [1.54, 1.807) is 23.5 Å². The third-order valence-corrected chi connectivity index (χ3v) is 5.21. The van der Waals surface area contributed by atoms with Crippen molar-refractivity contribution in [2.24, 2.45) is 0 Å². The van der Waals surface area contributed by atoms with E-state index in [4.69, 9.17) is 0 Å². The molecular weight excluding hydrogens is 304 g/mol. The quantitative estimate of drug-likeness (QED) is 0.788. The number of thiazole rings is 1. The first kappa shape index (κ1) is 12.8. The summed E-state index contributed by atoms with van der Waals surface area (Å²) in [4.78, 5) is 18.1. The molecular formula is C14H12N4OS2. The predicted octanol–water partition coefficient (Wildman–Crippen LogP) is 3.28. The van der Waals surface area contributed by atoms with Crippen LogP contribution in [0.4, 0.5) is 5.13 Å². The number of nitrogens with zero attached hydrogens (tertiary/aromatic N) is 3.